The molecular formula is C17H19FINO. The van der Waals surface area contributed by atoms with Crippen molar-refractivity contribution in [2.45, 2.75) is 19.4 Å². The summed E-state index contributed by atoms with van der Waals surface area (Å²) < 4.78 is 20.1. The van der Waals surface area contributed by atoms with E-state index < -0.39 is 0 Å². The molecule has 0 saturated carbocycles. The van der Waals surface area contributed by atoms with Gasteiger partial charge in [0.1, 0.15) is 0 Å². The number of benzene rings is 2. The molecule has 2 nitrogen and oxygen atoms in total. The maximum absolute atomic E-state index is 13.9. The SMILES string of the molecule is CCNC(Cc1ccc(I)cc1)c1ccc(OC)c(F)c1. The van der Waals surface area contributed by atoms with E-state index in [4.69, 9.17) is 4.74 Å². The van der Waals surface area contributed by atoms with Gasteiger partial charge in [-0.2, -0.15) is 0 Å². The topological polar surface area (TPSA) is 21.3 Å². The molecule has 2 aromatic carbocycles. The molecule has 0 aromatic heterocycles. The van der Waals surface area contributed by atoms with Crippen LogP contribution in [0.3, 0.4) is 0 Å². The first-order valence-corrected chi connectivity index (χ1v) is 8.03. The largest absolute Gasteiger partial charge is 0.494 e. The second-order valence-electron chi connectivity index (χ2n) is 4.83. The van der Waals surface area contributed by atoms with Gasteiger partial charge in [0.25, 0.3) is 0 Å². The summed E-state index contributed by atoms with van der Waals surface area (Å²) in [5.74, 6) is -0.0382. The van der Waals surface area contributed by atoms with Gasteiger partial charge >= 0.3 is 0 Å². The number of methoxy groups -OCH3 is 1. The summed E-state index contributed by atoms with van der Waals surface area (Å²) in [5, 5.41) is 3.42. The Morgan fingerprint density at radius 2 is 1.90 bits per heavy atom. The van der Waals surface area contributed by atoms with E-state index in [2.05, 4.69) is 59.1 Å². The van der Waals surface area contributed by atoms with Crippen molar-refractivity contribution in [3.8, 4) is 5.75 Å². The lowest BCUT2D eigenvalue weighted by molar-refractivity contribution is 0.385. The molecule has 0 radical (unpaired) electrons. The summed E-state index contributed by atoms with van der Waals surface area (Å²) in [6, 6.07) is 13.7. The van der Waals surface area contributed by atoms with Crippen molar-refractivity contribution in [3.05, 3.63) is 63.0 Å². The molecule has 0 aliphatic carbocycles. The van der Waals surface area contributed by atoms with Gasteiger partial charge in [0, 0.05) is 9.61 Å². The molecule has 0 spiro atoms. The van der Waals surface area contributed by atoms with Crippen molar-refractivity contribution in [2.75, 3.05) is 13.7 Å². The highest BCUT2D eigenvalue weighted by molar-refractivity contribution is 14.1. The van der Waals surface area contributed by atoms with Crippen molar-refractivity contribution in [1.82, 2.24) is 5.32 Å². The van der Waals surface area contributed by atoms with Crippen LogP contribution < -0.4 is 10.1 Å². The van der Waals surface area contributed by atoms with Crippen molar-refractivity contribution >= 4 is 22.6 Å². The molecular weight excluding hydrogens is 380 g/mol. The minimum Gasteiger partial charge on any atom is -0.494 e. The van der Waals surface area contributed by atoms with Crippen LogP contribution in [0.15, 0.2) is 42.5 Å². The van der Waals surface area contributed by atoms with Crippen molar-refractivity contribution in [2.24, 2.45) is 0 Å². The van der Waals surface area contributed by atoms with Crippen molar-refractivity contribution < 1.29 is 9.13 Å². The molecule has 1 N–H and O–H groups in total. The van der Waals surface area contributed by atoms with Crippen molar-refractivity contribution in [3.63, 3.8) is 0 Å². The average Bonchev–Trinajstić information content (AvgIpc) is 2.49. The summed E-state index contributed by atoms with van der Waals surface area (Å²) >= 11 is 2.29. The van der Waals surface area contributed by atoms with Gasteiger partial charge in [-0.1, -0.05) is 25.1 Å². The normalized spacial score (nSPS) is 12.2. The monoisotopic (exact) mass is 399 g/mol. The smallest absolute Gasteiger partial charge is 0.165 e. The van der Waals surface area contributed by atoms with E-state index in [1.54, 1.807) is 12.1 Å². The zero-order chi connectivity index (χ0) is 15.2. The average molecular weight is 399 g/mol. The van der Waals surface area contributed by atoms with Crippen LogP contribution in [-0.2, 0) is 6.42 Å². The summed E-state index contributed by atoms with van der Waals surface area (Å²) in [6.07, 6.45) is 0.830. The van der Waals surface area contributed by atoms with Gasteiger partial charge < -0.3 is 10.1 Å². The molecule has 1 unspecified atom stereocenters. The molecule has 112 valence electrons. The van der Waals surface area contributed by atoms with E-state index in [1.807, 2.05) is 6.07 Å². The summed E-state index contributed by atoms with van der Waals surface area (Å²) in [7, 11) is 1.48. The van der Waals surface area contributed by atoms with Crippen LogP contribution in [0.1, 0.15) is 24.1 Å². The predicted molar refractivity (Wildman–Crippen MR) is 92.2 cm³/mol. The Morgan fingerprint density at radius 3 is 2.48 bits per heavy atom. The number of likely N-dealkylation sites (N-methyl/N-ethyl adjacent to an activating group) is 1. The highest BCUT2D eigenvalue weighted by Gasteiger charge is 2.14. The van der Waals surface area contributed by atoms with Crippen molar-refractivity contribution in [1.29, 1.82) is 0 Å². The molecule has 0 aliphatic rings. The second-order valence-corrected chi connectivity index (χ2v) is 6.08. The van der Waals surface area contributed by atoms with E-state index in [9.17, 15) is 4.39 Å². The minimum absolute atomic E-state index is 0.0930. The number of ether oxygens (including phenoxy) is 1. The molecule has 0 bridgehead atoms. The van der Waals surface area contributed by atoms with E-state index in [-0.39, 0.29) is 17.6 Å². The lowest BCUT2D eigenvalue weighted by atomic mass is 9.98. The van der Waals surface area contributed by atoms with Gasteiger partial charge in [-0.15, -0.1) is 0 Å². The Labute approximate surface area is 138 Å². The summed E-state index contributed by atoms with van der Waals surface area (Å²) in [4.78, 5) is 0. The Morgan fingerprint density at radius 1 is 1.19 bits per heavy atom. The third-order valence-corrected chi connectivity index (χ3v) is 4.10. The third kappa shape index (κ3) is 4.41. The lowest BCUT2D eigenvalue weighted by Gasteiger charge is -2.19. The number of nitrogens with one attached hydrogen (secondary N) is 1. The Balaban J connectivity index is 2.21. The van der Waals surface area contributed by atoms with E-state index in [1.165, 1.54) is 16.2 Å². The van der Waals surface area contributed by atoms with Gasteiger partial charge in [-0.05, 0) is 70.9 Å². The van der Waals surface area contributed by atoms with Gasteiger partial charge in [0.2, 0.25) is 0 Å². The predicted octanol–water partition coefficient (Wildman–Crippen LogP) is 4.33. The molecule has 0 aliphatic heterocycles. The fourth-order valence-electron chi connectivity index (χ4n) is 2.31. The number of halogens is 2. The molecule has 2 rings (SSSR count). The van der Waals surface area contributed by atoms with Crippen LogP contribution in [0.4, 0.5) is 4.39 Å². The quantitative estimate of drug-likeness (QED) is 0.731. The fourth-order valence-corrected chi connectivity index (χ4v) is 2.67. The van der Waals surface area contributed by atoms with Crippen LogP contribution in [0.5, 0.6) is 5.75 Å². The minimum atomic E-state index is -0.319. The molecule has 1 atom stereocenters. The van der Waals surface area contributed by atoms with Crippen LogP contribution in [0, 0.1) is 9.39 Å². The molecule has 0 amide bonds. The molecule has 4 heteroatoms. The second kappa shape index (κ2) is 7.75. The lowest BCUT2D eigenvalue weighted by Crippen LogP contribution is -2.23. The fraction of sp³-hybridized carbons (Fsp3) is 0.294. The van der Waals surface area contributed by atoms with E-state index in [0.717, 1.165) is 18.5 Å². The van der Waals surface area contributed by atoms with Crippen LogP contribution in [0.2, 0.25) is 0 Å². The highest BCUT2D eigenvalue weighted by Crippen LogP contribution is 2.24. The highest BCUT2D eigenvalue weighted by atomic mass is 127. The molecule has 21 heavy (non-hydrogen) atoms. The van der Waals surface area contributed by atoms with E-state index >= 15 is 0 Å². The first-order valence-electron chi connectivity index (χ1n) is 6.95. The van der Waals surface area contributed by atoms with Crippen LogP contribution >= 0.6 is 22.6 Å². The molecule has 0 heterocycles. The summed E-state index contributed by atoms with van der Waals surface area (Å²) in [5.41, 5.74) is 2.17. The zero-order valence-corrected chi connectivity index (χ0v) is 14.4. The first kappa shape index (κ1) is 16.2. The Bertz CT molecular complexity index is 586. The van der Waals surface area contributed by atoms with Gasteiger partial charge in [-0.25, -0.2) is 4.39 Å². The Hall–Kier alpha value is -1.14. The van der Waals surface area contributed by atoms with Gasteiger partial charge in [-0.3, -0.25) is 0 Å². The molecule has 0 saturated heterocycles. The van der Waals surface area contributed by atoms with Crippen LogP contribution in [0.25, 0.3) is 0 Å². The zero-order valence-electron chi connectivity index (χ0n) is 12.2. The maximum atomic E-state index is 13.9. The molecule has 2 aromatic rings. The first-order chi connectivity index (χ1) is 10.1. The third-order valence-electron chi connectivity index (χ3n) is 3.38. The Kier molecular flexibility index (Phi) is 5.99. The maximum Gasteiger partial charge on any atom is 0.165 e. The van der Waals surface area contributed by atoms with Crippen LogP contribution in [-0.4, -0.2) is 13.7 Å². The standard InChI is InChI=1S/C17H19FINO/c1-3-20-16(10-12-4-7-14(19)8-5-12)13-6-9-17(21-2)15(18)11-13/h4-9,11,16,20H,3,10H2,1-2H3. The van der Waals surface area contributed by atoms with Gasteiger partial charge in [0.15, 0.2) is 11.6 Å². The molecule has 0 fully saturated rings. The number of hydrogen-bond acceptors (Lipinski definition) is 2. The number of rotatable bonds is 6. The van der Waals surface area contributed by atoms with Gasteiger partial charge in [0.05, 0.1) is 7.11 Å². The van der Waals surface area contributed by atoms with E-state index in [0.29, 0.717) is 0 Å². The summed E-state index contributed by atoms with van der Waals surface area (Å²) in [6.45, 7) is 2.89. The number of hydrogen-bond donors (Lipinski definition) is 1.